The molecule has 0 aliphatic carbocycles. The average Bonchev–Trinajstić information content (AvgIpc) is 2.69. The number of nitrogens with zero attached hydrogens (tertiary/aromatic N) is 3. The molecule has 2 rings (SSSR count). The normalized spacial score (nSPS) is 11.3. The highest BCUT2D eigenvalue weighted by atomic mass is 19.4. The van der Waals surface area contributed by atoms with Gasteiger partial charge in [0.2, 0.25) is 0 Å². The van der Waals surface area contributed by atoms with Crippen LogP contribution in [0.1, 0.15) is 16.8 Å². The molecule has 0 amide bonds. The van der Waals surface area contributed by atoms with Crippen LogP contribution in [0, 0.1) is 18.3 Å². The largest absolute Gasteiger partial charge is 0.418 e. The van der Waals surface area contributed by atoms with Gasteiger partial charge in [-0.3, -0.25) is 0 Å². The van der Waals surface area contributed by atoms with E-state index in [4.69, 9.17) is 5.26 Å². The standard InChI is InChI=1S/C12H8F3N3/c1-8-9(6-16)7-17-18(8)11-5-3-2-4-10(11)12(13,14)15/h2-5,7H,1H3. The molecule has 0 radical (unpaired) electrons. The van der Waals surface area contributed by atoms with Crippen molar-refractivity contribution >= 4 is 0 Å². The topological polar surface area (TPSA) is 41.6 Å². The third-order valence-corrected chi connectivity index (χ3v) is 2.57. The van der Waals surface area contributed by atoms with Crippen LogP contribution in [0.25, 0.3) is 5.69 Å². The number of benzene rings is 1. The summed E-state index contributed by atoms with van der Waals surface area (Å²) < 4.78 is 39.7. The van der Waals surface area contributed by atoms with Gasteiger partial charge in [0.05, 0.1) is 28.7 Å². The first-order valence-electron chi connectivity index (χ1n) is 5.06. The van der Waals surface area contributed by atoms with E-state index in [0.717, 1.165) is 10.7 Å². The first kappa shape index (κ1) is 12.2. The zero-order valence-corrected chi connectivity index (χ0v) is 9.36. The number of para-hydroxylation sites is 1. The van der Waals surface area contributed by atoms with Crippen molar-refractivity contribution in [3.63, 3.8) is 0 Å². The summed E-state index contributed by atoms with van der Waals surface area (Å²) in [6.45, 7) is 1.55. The monoisotopic (exact) mass is 251 g/mol. The van der Waals surface area contributed by atoms with Gasteiger partial charge in [-0.05, 0) is 19.1 Å². The van der Waals surface area contributed by atoms with Gasteiger partial charge in [0.15, 0.2) is 0 Å². The highest BCUT2D eigenvalue weighted by Crippen LogP contribution is 2.33. The number of halogens is 3. The van der Waals surface area contributed by atoms with Crippen LogP contribution in [0.3, 0.4) is 0 Å². The molecule has 1 aromatic heterocycles. The molecule has 0 fully saturated rings. The first-order chi connectivity index (χ1) is 8.45. The highest BCUT2D eigenvalue weighted by Gasteiger charge is 2.34. The molecule has 0 N–H and O–H groups in total. The predicted octanol–water partition coefficient (Wildman–Crippen LogP) is 3.07. The SMILES string of the molecule is Cc1c(C#N)cnn1-c1ccccc1C(F)(F)F. The minimum Gasteiger partial charge on any atom is -0.236 e. The number of rotatable bonds is 1. The zero-order chi connectivity index (χ0) is 13.3. The van der Waals surface area contributed by atoms with E-state index in [2.05, 4.69) is 5.10 Å². The number of nitriles is 1. The van der Waals surface area contributed by atoms with Crippen LogP contribution >= 0.6 is 0 Å². The van der Waals surface area contributed by atoms with Gasteiger partial charge in [0.25, 0.3) is 0 Å². The van der Waals surface area contributed by atoms with E-state index in [9.17, 15) is 13.2 Å². The van der Waals surface area contributed by atoms with Crippen molar-refractivity contribution in [3.05, 3.63) is 47.3 Å². The van der Waals surface area contributed by atoms with Crippen LogP contribution in [0.2, 0.25) is 0 Å². The molecular formula is C12H8F3N3. The van der Waals surface area contributed by atoms with E-state index in [-0.39, 0.29) is 11.3 Å². The molecule has 2 aromatic rings. The van der Waals surface area contributed by atoms with Crippen molar-refractivity contribution in [1.29, 1.82) is 5.26 Å². The van der Waals surface area contributed by atoms with Crippen LogP contribution < -0.4 is 0 Å². The highest BCUT2D eigenvalue weighted by molar-refractivity contribution is 5.45. The van der Waals surface area contributed by atoms with E-state index in [1.54, 1.807) is 6.92 Å². The molecule has 0 saturated carbocycles. The number of alkyl halides is 3. The van der Waals surface area contributed by atoms with Gasteiger partial charge in [-0.2, -0.15) is 23.5 Å². The van der Waals surface area contributed by atoms with E-state index in [0.29, 0.717) is 5.69 Å². The number of hydrogen-bond donors (Lipinski definition) is 0. The molecule has 0 aliphatic heterocycles. The molecule has 0 saturated heterocycles. The third-order valence-electron chi connectivity index (χ3n) is 2.57. The Hall–Kier alpha value is -2.29. The molecular weight excluding hydrogens is 243 g/mol. The van der Waals surface area contributed by atoms with Gasteiger partial charge in [0.1, 0.15) is 6.07 Å². The molecule has 0 aliphatic rings. The maximum absolute atomic E-state index is 12.8. The second-order valence-corrected chi connectivity index (χ2v) is 3.68. The van der Waals surface area contributed by atoms with E-state index in [1.807, 2.05) is 6.07 Å². The molecule has 0 unspecified atom stereocenters. The number of hydrogen-bond acceptors (Lipinski definition) is 2. The summed E-state index contributed by atoms with van der Waals surface area (Å²) in [7, 11) is 0. The summed E-state index contributed by atoms with van der Waals surface area (Å²) in [6.07, 6.45) is -3.20. The zero-order valence-electron chi connectivity index (χ0n) is 9.36. The van der Waals surface area contributed by atoms with Crippen LogP contribution in [-0.4, -0.2) is 9.78 Å². The molecule has 18 heavy (non-hydrogen) atoms. The van der Waals surface area contributed by atoms with Crippen molar-refractivity contribution in [2.75, 3.05) is 0 Å². The van der Waals surface area contributed by atoms with Crippen molar-refractivity contribution in [1.82, 2.24) is 9.78 Å². The fraction of sp³-hybridized carbons (Fsp3) is 0.167. The van der Waals surface area contributed by atoms with Gasteiger partial charge in [0, 0.05) is 0 Å². The molecule has 3 nitrogen and oxygen atoms in total. The van der Waals surface area contributed by atoms with Crippen LogP contribution in [0.15, 0.2) is 30.5 Å². The lowest BCUT2D eigenvalue weighted by Gasteiger charge is -2.13. The molecule has 0 bridgehead atoms. The lowest BCUT2D eigenvalue weighted by atomic mass is 10.1. The van der Waals surface area contributed by atoms with Crippen molar-refractivity contribution < 1.29 is 13.2 Å². The molecule has 1 heterocycles. The Bertz CT molecular complexity index is 620. The predicted molar refractivity (Wildman–Crippen MR) is 58.0 cm³/mol. The van der Waals surface area contributed by atoms with E-state index >= 15 is 0 Å². The summed E-state index contributed by atoms with van der Waals surface area (Å²) in [5.41, 5.74) is -0.217. The fourth-order valence-corrected chi connectivity index (χ4v) is 1.66. The summed E-state index contributed by atoms with van der Waals surface area (Å²) in [4.78, 5) is 0. The second kappa shape index (κ2) is 4.18. The Labute approximate surface area is 101 Å². The van der Waals surface area contributed by atoms with Crippen molar-refractivity contribution in [2.45, 2.75) is 13.1 Å². The van der Waals surface area contributed by atoms with Crippen LogP contribution in [0.4, 0.5) is 13.2 Å². The Morgan fingerprint density at radius 1 is 1.28 bits per heavy atom. The Morgan fingerprint density at radius 2 is 1.94 bits per heavy atom. The second-order valence-electron chi connectivity index (χ2n) is 3.68. The summed E-state index contributed by atoms with van der Waals surface area (Å²) >= 11 is 0. The lowest BCUT2D eigenvalue weighted by molar-refractivity contribution is -0.137. The maximum atomic E-state index is 12.8. The summed E-state index contributed by atoms with van der Waals surface area (Å²) in [5.74, 6) is 0. The van der Waals surface area contributed by atoms with Gasteiger partial charge >= 0.3 is 6.18 Å². The average molecular weight is 251 g/mol. The fourth-order valence-electron chi connectivity index (χ4n) is 1.66. The lowest BCUT2D eigenvalue weighted by Crippen LogP contribution is -2.12. The summed E-state index contributed by atoms with van der Waals surface area (Å²) in [6, 6.07) is 7.00. The van der Waals surface area contributed by atoms with Crippen LogP contribution in [0.5, 0.6) is 0 Å². The van der Waals surface area contributed by atoms with Gasteiger partial charge in [-0.25, -0.2) is 4.68 Å². The molecule has 6 heteroatoms. The van der Waals surface area contributed by atoms with Crippen LogP contribution in [-0.2, 0) is 6.18 Å². The molecule has 0 spiro atoms. The quantitative estimate of drug-likeness (QED) is 0.781. The molecule has 0 atom stereocenters. The summed E-state index contributed by atoms with van der Waals surface area (Å²) in [5, 5.41) is 12.6. The molecule has 92 valence electrons. The number of aromatic nitrogens is 2. The van der Waals surface area contributed by atoms with E-state index in [1.165, 1.54) is 24.4 Å². The Kier molecular flexibility index (Phi) is 2.83. The van der Waals surface area contributed by atoms with Crippen molar-refractivity contribution in [2.24, 2.45) is 0 Å². The minimum absolute atomic E-state index is 0.0796. The van der Waals surface area contributed by atoms with Gasteiger partial charge in [-0.1, -0.05) is 12.1 Å². The smallest absolute Gasteiger partial charge is 0.236 e. The Morgan fingerprint density at radius 3 is 2.50 bits per heavy atom. The van der Waals surface area contributed by atoms with Gasteiger partial charge < -0.3 is 0 Å². The van der Waals surface area contributed by atoms with Gasteiger partial charge in [-0.15, -0.1) is 0 Å². The van der Waals surface area contributed by atoms with Crippen molar-refractivity contribution in [3.8, 4) is 11.8 Å². The molecule has 1 aromatic carbocycles. The first-order valence-corrected chi connectivity index (χ1v) is 5.06. The minimum atomic E-state index is -4.46. The third kappa shape index (κ3) is 1.95. The Balaban J connectivity index is 2.65. The maximum Gasteiger partial charge on any atom is 0.418 e. The van der Waals surface area contributed by atoms with E-state index < -0.39 is 11.7 Å².